The summed E-state index contributed by atoms with van der Waals surface area (Å²) in [4.78, 5) is 36.2. The van der Waals surface area contributed by atoms with Gasteiger partial charge >= 0.3 is 0 Å². The Kier molecular flexibility index (Phi) is 4.42. The van der Waals surface area contributed by atoms with Gasteiger partial charge in [0.15, 0.2) is 5.84 Å². The van der Waals surface area contributed by atoms with Crippen molar-refractivity contribution >= 4 is 35.2 Å². The van der Waals surface area contributed by atoms with Crippen LogP contribution in [0.2, 0.25) is 0 Å². The first-order valence-electron chi connectivity index (χ1n) is 6.40. The van der Waals surface area contributed by atoms with Crippen LogP contribution >= 0.6 is 11.9 Å². The molecule has 1 aromatic rings. The van der Waals surface area contributed by atoms with Crippen molar-refractivity contribution in [2.45, 2.75) is 19.9 Å². The highest BCUT2D eigenvalue weighted by molar-refractivity contribution is 8.12. The Bertz CT molecular complexity index is 628. The number of amides is 2. The van der Waals surface area contributed by atoms with Crippen molar-refractivity contribution < 1.29 is 14.4 Å². The number of primary amides is 1. The third kappa shape index (κ3) is 2.82. The second kappa shape index (κ2) is 6.09. The molecule has 1 aromatic carbocycles. The zero-order chi connectivity index (χ0) is 15.6. The molecule has 1 aliphatic rings. The van der Waals surface area contributed by atoms with E-state index in [4.69, 9.17) is 5.73 Å². The van der Waals surface area contributed by atoms with Crippen LogP contribution in [0.1, 0.15) is 29.8 Å². The molecule has 6 nitrogen and oxygen atoms in total. The van der Waals surface area contributed by atoms with E-state index in [0.717, 1.165) is 6.29 Å². The van der Waals surface area contributed by atoms with Gasteiger partial charge < -0.3 is 10.5 Å². The minimum atomic E-state index is -0.675. The van der Waals surface area contributed by atoms with Crippen LogP contribution in [0.3, 0.4) is 0 Å². The lowest BCUT2D eigenvalue weighted by Gasteiger charge is -2.26. The standard InChI is InChI=1S/C14H15N3O3S/c1-8(2)11(7-18)17-12(16-21-14(15)20)9-5-3-4-6-10(9)13(17)19/h3-8,11H,1-2H3,(H2,15,20)/b16-12+. The van der Waals surface area contributed by atoms with Crippen LogP contribution < -0.4 is 5.73 Å². The summed E-state index contributed by atoms with van der Waals surface area (Å²) in [5.74, 6) is -0.0741. The molecule has 0 saturated carbocycles. The first-order valence-corrected chi connectivity index (χ1v) is 7.17. The first kappa shape index (κ1) is 15.2. The maximum Gasteiger partial charge on any atom is 0.299 e. The summed E-state index contributed by atoms with van der Waals surface area (Å²) in [6, 6.07) is 6.27. The lowest BCUT2D eigenvalue weighted by Crippen LogP contribution is -2.44. The molecule has 2 amide bonds. The molecule has 2 N–H and O–H groups in total. The molecule has 0 aliphatic carbocycles. The maximum atomic E-state index is 12.5. The van der Waals surface area contributed by atoms with E-state index in [9.17, 15) is 14.4 Å². The van der Waals surface area contributed by atoms with Crippen LogP contribution in [0, 0.1) is 5.92 Å². The molecular formula is C14H15N3O3S. The number of nitrogens with two attached hydrogens (primary N) is 1. The number of nitrogens with zero attached hydrogens (tertiary/aromatic N) is 2. The van der Waals surface area contributed by atoms with Gasteiger partial charge in [0.2, 0.25) is 0 Å². The summed E-state index contributed by atoms with van der Waals surface area (Å²) in [6.45, 7) is 3.68. The van der Waals surface area contributed by atoms with E-state index in [0.29, 0.717) is 28.9 Å². The van der Waals surface area contributed by atoms with Crippen molar-refractivity contribution in [3.8, 4) is 0 Å². The van der Waals surface area contributed by atoms with Crippen molar-refractivity contribution in [1.29, 1.82) is 0 Å². The van der Waals surface area contributed by atoms with Crippen LogP contribution in [-0.2, 0) is 4.79 Å². The van der Waals surface area contributed by atoms with Crippen LogP contribution in [0.25, 0.3) is 0 Å². The number of rotatable bonds is 4. The van der Waals surface area contributed by atoms with Crippen molar-refractivity contribution in [2.75, 3.05) is 0 Å². The summed E-state index contributed by atoms with van der Waals surface area (Å²) in [5.41, 5.74) is 6.15. The smallest absolute Gasteiger partial charge is 0.299 e. The van der Waals surface area contributed by atoms with Gasteiger partial charge in [-0.2, -0.15) is 4.40 Å². The Morgan fingerprint density at radius 2 is 1.95 bits per heavy atom. The average Bonchev–Trinajstić information content (AvgIpc) is 2.71. The lowest BCUT2D eigenvalue weighted by atomic mass is 10.0. The molecule has 2 rings (SSSR count). The fraction of sp³-hybridized carbons (Fsp3) is 0.286. The number of carbonyl (C=O) groups is 3. The molecule has 0 radical (unpaired) electrons. The van der Waals surface area contributed by atoms with Gasteiger partial charge in [0.05, 0.1) is 23.6 Å². The normalized spacial score (nSPS) is 17.2. The summed E-state index contributed by atoms with van der Waals surface area (Å²) < 4.78 is 4.05. The second-order valence-electron chi connectivity index (χ2n) is 4.92. The van der Waals surface area contributed by atoms with Gasteiger partial charge in [-0.05, 0) is 12.0 Å². The quantitative estimate of drug-likeness (QED) is 0.678. The summed E-state index contributed by atoms with van der Waals surface area (Å²) >= 11 is 0.555. The van der Waals surface area contributed by atoms with Crippen molar-refractivity contribution in [1.82, 2.24) is 4.90 Å². The van der Waals surface area contributed by atoms with E-state index in [2.05, 4.69) is 4.40 Å². The molecule has 21 heavy (non-hydrogen) atoms. The molecule has 110 valence electrons. The highest BCUT2D eigenvalue weighted by Crippen LogP contribution is 2.28. The van der Waals surface area contributed by atoms with E-state index in [1.54, 1.807) is 24.3 Å². The molecule has 7 heteroatoms. The second-order valence-corrected chi connectivity index (χ2v) is 5.68. The van der Waals surface area contributed by atoms with E-state index in [1.807, 2.05) is 13.8 Å². The van der Waals surface area contributed by atoms with Gasteiger partial charge in [-0.25, -0.2) is 0 Å². The zero-order valence-corrected chi connectivity index (χ0v) is 12.5. The fourth-order valence-electron chi connectivity index (χ4n) is 2.19. The van der Waals surface area contributed by atoms with Crippen molar-refractivity contribution in [2.24, 2.45) is 16.0 Å². The number of hydrogen-bond acceptors (Lipinski definition) is 5. The number of hydrogen-bond donors (Lipinski definition) is 1. The molecule has 0 aromatic heterocycles. The van der Waals surface area contributed by atoms with Crippen molar-refractivity contribution in [3.05, 3.63) is 35.4 Å². The van der Waals surface area contributed by atoms with E-state index < -0.39 is 11.3 Å². The van der Waals surface area contributed by atoms with Gasteiger partial charge in [-0.1, -0.05) is 32.0 Å². The van der Waals surface area contributed by atoms with Crippen LogP contribution in [0.5, 0.6) is 0 Å². The predicted octanol–water partition coefficient (Wildman–Crippen LogP) is 1.84. The summed E-state index contributed by atoms with van der Waals surface area (Å²) in [6.07, 6.45) is 0.721. The van der Waals surface area contributed by atoms with Crippen molar-refractivity contribution in [3.63, 3.8) is 0 Å². The maximum absolute atomic E-state index is 12.5. The Labute approximate surface area is 126 Å². The SMILES string of the molecule is CC(C)C(C=O)N1C(=O)c2ccccc2/C1=N\SC(N)=O. The topological polar surface area (TPSA) is 92.8 Å². The molecule has 0 saturated heterocycles. The van der Waals surface area contributed by atoms with Crippen LogP contribution in [0.15, 0.2) is 28.7 Å². The monoisotopic (exact) mass is 305 g/mol. The Morgan fingerprint density at radius 1 is 1.33 bits per heavy atom. The highest BCUT2D eigenvalue weighted by atomic mass is 32.2. The largest absolute Gasteiger partial charge is 0.359 e. The Morgan fingerprint density at radius 3 is 2.48 bits per heavy atom. The van der Waals surface area contributed by atoms with Gasteiger partial charge in [-0.3, -0.25) is 14.5 Å². The van der Waals surface area contributed by atoms with E-state index in [-0.39, 0.29) is 11.8 Å². The Hall–Kier alpha value is -2.15. The molecule has 0 spiro atoms. The minimum Gasteiger partial charge on any atom is -0.359 e. The molecule has 0 bridgehead atoms. The molecule has 1 aliphatic heterocycles. The molecule has 1 heterocycles. The molecular weight excluding hydrogens is 290 g/mol. The lowest BCUT2D eigenvalue weighted by molar-refractivity contribution is -0.111. The third-order valence-electron chi connectivity index (χ3n) is 3.19. The Balaban J connectivity index is 2.53. The number of aldehydes is 1. The molecule has 1 atom stereocenters. The van der Waals surface area contributed by atoms with Gasteiger partial charge in [0.25, 0.3) is 11.1 Å². The van der Waals surface area contributed by atoms with Gasteiger partial charge in [0.1, 0.15) is 6.29 Å². The minimum absolute atomic E-state index is 0.0791. The predicted molar refractivity (Wildman–Crippen MR) is 81.0 cm³/mol. The molecule has 1 unspecified atom stereocenters. The van der Waals surface area contributed by atoms with Gasteiger partial charge in [0, 0.05) is 5.56 Å². The number of fused-ring (bicyclic) bond motifs is 1. The van der Waals surface area contributed by atoms with Crippen LogP contribution in [-0.4, -0.2) is 34.2 Å². The van der Waals surface area contributed by atoms with Crippen LogP contribution in [0.4, 0.5) is 4.79 Å². The number of carbonyl (C=O) groups excluding carboxylic acids is 3. The van der Waals surface area contributed by atoms with E-state index in [1.165, 1.54) is 4.90 Å². The fourth-order valence-corrected chi connectivity index (χ4v) is 2.56. The molecule has 0 fully saturated rings. The average molecular weight is 305 g/mol. The summed E-state index contributed by atoms with van der Waals surface area (Å²) in [7, 11) is 0. The first-order chi connectivity index (χ1) is 9.97. The summed E-state index contributed by atoms with van der Waals surface area (Å²) in [5, 5.41) is -0.675. The highest BCUT2D eigenvalue weighted by Gasteiger charge is 2.39. The number of amidine groups is 1. The zero-order valence-electron chi connectivity index (χ0n) is 11.6. The number of benzene rings is 1. The van der Waals surface area contributed by atoms with E-state index >= 15 is 0 Å². The van der Waals surface area contributed by atoms with Gasteiger partial charge in [-0.15, -0.1) is 0 Å². The third-order valence-corrected chi connectivity index (χ3v) is 3.63.